The van der Waals surface area contributed by atoms with Crippen molar-refractivity contribution in [3.8, 4) is 0 Å². The van der Waals surface area contributed by atoms with E-state index in [2.05, 4.69) is 0 Å². The molecule has 0 atom stereocenters. The van der Waals surface area contributed by atoms with Crippen LogP contribution in [0.3, 0.4) is 0 Å². The lowest BCUT2D eigenvalue weighted by Gasteiger charge is -2.27. The Bertz CT molecular complexity index is 314. The van der Waals surface area contributed by atoms with Crippen molar-refractivity contribution in [2.45, 2.75) is 32.8 Å². The highest BCUT2D eigenvalue weighted by Crippen LogP contribution is 2.10. The molecule has 0 spiro atoms. The number of hydroxylamine groups is 2. The minimum Gasteiger partial charge on any atom is -0.444 e. The van der Waals surface area contributed by atoms with Gasteiger partial charge in [0.25, 0.3) is 0 Å². The third kappa shape index (κ3) is 7.96. The smallest absolute Gasteiger partial charge is 0.410 e. The van der Waals surface area contributed by atoms with Crippen LogP contribution in [0.25, 0.3) is 0 Å². The maximum Gasteiger partial charge on any atom is 0.410 e. The van der Waals surface area contributed by atoms with E-state index in [9.17, 15) is 9.59 Å². The molecule has 0 bridgehead atoms. The van der Waals surface area contributed by atoms with Crippen LogP contribution < -0.4 is 0 Å². The van der Waals surface area contributed by atoms with Gasteiger partial charge in [-0.05, 0) is 20.8 Å². The van der Waals surface area contributed by atoms with Gasteiger partial charge < -0.3 is 14.4 Å². The first-order valence-corrected chi connectivity index (χ1v) is 6.48. The topological polar surface area (TPSA) is 68.3 Å². The highest BCUT2D eigenvalue weighted by Gasteiger charge is 2.22. The molecule has 2 amide bonds. The fourth-order valence-corrected chi connectivity index (χ4v) is 1.31. The number of methoxy groups -OCH3 is 1. The molecule has 0 aliphatic rings. The zero-order valence-electron chi connectivity index (χ0n) is 13.3. The van der Waals surface area contributed by atoms with Crippen LogP contribution in [0.2, 0.25) is 0 Å². The fraction of sp³-hybridized carbons (Fsp3) is 0.846. The lowest BCUT2D eigenvalue weighted by molar-refractivity contribution is -0.168. The fourth-order valence-electron chi connectivity index (χ4n) is 1.31. The van der Waals surface area contributed by atoms with E-state index in [1.807, 2.05) is 0 Å². The molecular weight excluding hydrogens is 264 g/mol. The maximum absolute atomic E-state index is 12.0. The van der Waals surface area contributed by atoms with Gasteiger partial charge in [0.2, 0.25) is 5.91 Å². The first-order chi connectivity index (χ1) is 9.21. The van der Waals surface area contributed by atoms with Crippen LogP contribution in [0.4, 0.5) is 4.79 Å². The summed E-state index contributed by atoms with van der Waals surface area (Å²) < 4.78 is 10.2. The zero-order chi connectivity index (χ0) is 15.8. The second kappa shape index (κ2) is 8.76. The van der Waals surface area contributed by atoms with E-state index in [1.165, 1.54) is 19.1 Å². The van der Waals surface area contributed by atoms with Gasteiger partial charge >= 0.3 is 6.09 Å². The van der Waals surface area contributed by atoms with E-state index in [1.54, 1.807) is 27.9 Å². The standard InChI is InChI=1S/C13H26N2O5/c1-13(2,3)20-12(17)15(9-10-18-5)8-7-11(16)14(4)19-6/h7-10H2,1-6H3. The summed E-state index contributed by atoms with van der Waals surface area (Å²) in [7, 11) is 4.49. The number of carbonyl (C=O) groups is 2. The summed E-state index contributed by atoms with van der Waals surface area (Å²) in [6, 6.07) is 0. The Balaban J connectivity index is 4.48. The molecule has 0 aromatic heterocycles. The predicted octanol–water partition coefficient (Wildman–Crippen LogP) is 1.28. The number of hydrogen-bond donors (Lipinski definition) is 0. The van der Waals surface area contributed by atoms with Crippen LogP contribution in [-0.4, -0.2) is 68.5 Å². The molecule has 0 radical (unpaired) electrons. The van der Waals surface area contributed by atoms with Gasteiger partial charge in [-0.25, -0.2) is 9.86 Å². The van der Waals surface area contributed by atoms with Gasteiger partial charge in [-0.2, -0.15) is 0 Å². The van der Waals surface area contributed by atoms with Crippen molar-refractivity contribution in [2.75, 3.05) is 41.0 Å². The Morgan fingerprint density at radius 1 is 1.10 bits per heavy atom. The van der Waals surface area contributed by atoms with Crippen molar-refractivity contribution >= 4 is 12.0 Å². The van der Waals surface area contributed by atoms with Crippen molar-refractivity contribution in [3.05, 3.63) is 0 Å². The molecule has 0 N–H and O–H groups in total. The molecule has 7 nitrogen and oxygen atoms in total. The molecule has 0 saturated carbocycles. The number of amides is 2. The molecule has 0 aromatic carbocycles. The van der Waals surface area contributed by atoms with Crippen LogP contribution in [-0.2, 0) is 19.1 Å². The van der Waals surface area contributed by atoms with E-state index in [0.717, 1.165) is 5.06 Å². The second-order valence-corrected chi connectivity index (χ2v) is 5.28. The lowest BCUT2D eigenvalue weighted by atomic mass is 10.2. The van der Waals surface area contributed by atoms with E-state index in [0.29, 0.717) is 13.2 Å². The number of carbonyl (C=O) groups excluding carboxylic acids is 2. The molecule has 0 unspecified atom stereocenters. The molecule has 118 valence electrons. The summed E-state index contributed by atoms with van der Waals surface area (Å²) in [5, 5.41) is 1.13. The van der Waals surface area contributed by atoms with Crippen LogP contribution in [0.1, 0.15) is 27.2 Å². The van der Waals surface area contributed by atoms with Crippen molar-refractivity contribution in [3.63, 3.8) is 0 Å². The molecule has 0 saturated heterocycles. The molecule has 7 heteroatoms. The minimum absolute atomic E-state index is 0.160. The van der Waals surface area contributed by atoms with Gasteiger partial charge in [-0.1, -0.05) is 0 Å². The monoisotopic (exact) mass is 290 g/mol. The summed E-state index contributed by atoms with van der Waals surface area (Å²) in [5.74, 6) is -0.210. The van der Waals surface area contributed by atoms with E-state index in [-0.39, 0.29) is 18.9 Å². The minimum atomic E-state index is -0.574. The van der Waals surface area contributed by atoms with Crippen LogP contribution in [0.5, 0.6) is 0 Å². The number of rotatable bonds is 7. The lowest BCUT2D eigenvalue weighted by Crippen LogP contribution is -2.40. The van der Waals surface area contributed by atoms with Crippen molar-refractivity contribution < 1.29 is 23.9 Å². The van der Waals surface area contributed by atoms with E-state index < -0.39 is 11.7 Å². The SMILES string of the molecule is COCCN(CCC(=O)N(C)OC)C(=O)OC(C)(C)C. The molecule has 0 heterocycles. The maximum atomic E-state index is 12.0. The van der Waals surface area contributed by atoms with E-state index >= 15 is 0 Å². The van der Waals surface area contributed by atoms with Gasteiger partial charge in [-0.15, -0.1) is 0 Å². The van der Waals surface area contributed by atoms with Crippen LogP contribution in [0, 0.1) is 0 Å². The Hall–Kier alpha value is -1.34. The molecule has 0 aliphatic carbocycles. The molecule has 0 aromatic rings. The molecule has 20 heavy (non-hydrogen) atoms. The summed E-state index contributed by atoms with van der Waals surface area (Å²) in [5.41, 5.74) is -0.574. The average Bonchev–Trinajstić information content (AvgIpc) is 2.35. The highest BCUT2D eigenvalue weighted by molar-refractivity contribution is 5.76. The Kier molecular flexibility index (Phi) is 8.17. The van der Waals surface area contributed by atoms with Gasteiger partial charge in [0.05, 0.1) is 13.7 Å². The van der Waals surface area contributed by atoms with Crippen LogP contribution >= 0.6 is 0 Å². The van der Waals surface area contributed by atoms with E-state index in [4.69, 9.17) is 14.3 Å². The molecule has 0 rings (SSSR count). The highest BCUT2D eigenvalue weighted by atomic mass is 16.7. The first-order valence-electron chi connectivity index (χ1n) is 6.48. The quantitative estimate of drug-likeness (QED) is 0.661. The van der Waals surface area contributed by atoms with Gasteiger partial charge in [-0.3, -0.25) is 9.63 Å². The summed E-state index contributed by atoms with van der Waals surface area (Å²) >= 11 is 0. The van der Waals surface area contributed by atoms with Crippen molar-refractivity contribution in [1.82, 2.24) is 9.96 Å². The molecule has 0 aliphatic heterocycles. The number of nitrogens with zero attached hydrogens (tertiary/aromatic N) is 2. The van der Waals surface area contributed by atoms with Gasteiger partial charge in [0, 0.05) is 33.7 Å². The Labute approximate surface area is 120 Å². The second-order valence-electron chi connectivity index (χ2n) is 5.28. The number of hydrogen-bond acceptors (Lipinski definition) is 5. The van der Waals surface area contributed by atoms with Gasteiger partial charge in [0.1, 0.15) is 5.60 Å². The van der Waals surface area contributed by atoms with Crippen molar-refractivity contribution in [1.29, 1.82) is 0 Å². The average molecular weight is 290 g/mol. The summed E-state index contributed by atoms with van der Waals surface area (Å²) in [6.45, 7) is 6.39. The Morgan fingerprint density at radius 3 is 2.15 bits per heavy atom. The van der Waals surface area contributed by atoms with Gasteiger partial charge in [0.15, 0.2) is 0 Å². The predicted molar refractivity (Wildman–Crippen MR) is 74.1 cm³/mol. The zero-order valence-corrected chi connectivity index (χ0v) is 13.3. The normalized spacial score (nSPS) is 11.1. The number of ether oxygens (including phenoxy) is 2. The third-order valence-electron chi connectivity index (χ3n) is 2.44. The summed E-state index contributed by atoms with van der Waals surface area (Å²) in [6.07, 6.45) is -0.296. The van der Waals surface area contributed by atoms with Crippen molar-refractivity contribution in [2.24, 2.45) is 0 Å². The Morgan fingerprint density at radius 2 is 1.70 bits per heavy atom. The molecular formula is C13H26N2O5. The third-order valence-corrected chi connectivity index (χ3v) is 2.44. The van der Waals surface area contributed by atoms with Crippen LogP contribution in [0.15, 0.2) is 0 Å². The summed E-state index contributed by atoms with van der Waals surface area (Å²) in [4.78, 5) is 29.9. The molecule has 0 fully saturated rings. The largest absolute Gasteiger partial charge is 0.444 e. The first kappa shape index (κ1) is 18.7.